The van der Waals surface area contributed by atoms with E-state index in [2.05, 4.69) is 10.2 Å². The number of sulfone groups is 2. The van der Waals surface area contributed by atoms with E-state index >= 15 is 0 Å². The molecule has 0 bridgehead atoms. The second-order valence-electron chi connectivity index (χ2n) is 7.38. The van der Waals surface area contributed by atoms with E-state index in [0.717, 1.165) is 18.8 Å². The highest BCUT2D eigenvalue weighted by atomic mass is 35.5. The number of hydrogen-bond donors (Lipinski definition) is 1. The SMILES string of the molecule is CCN(CC)C(CN[C@H]1CS(=O)(=O)C[C@@H]1S(=O)(=O)c1ccc(Cl)cc1)c1ccco1. The number of furan rings is 1. The zero-order chi connectivity index (χ0) is 21.9. The first-order valence-corrected chi connectivity index (χ1v) is 13.6. The molecule has 3 rings (SSSR count). The van der Waals surface area contributed by atoms with Crippen LogP contribution in [0.4, 0.5) is 0 Å². The minimum absolute atomic E-state index is 0.0760. The Balaban J connectivity index is 1.84. The van der Waals surface area contributed by atoms with Crippen LogP contribution in [0.25, 0.3) is 0 Å². The van der Waals surface area contributed by atoms with E-state index in [9.17, 15) is 16.8 Å². The molecule has 0 radical (unpaired) electrons. The van der Waals surface area contributed by atoms with Crippen LogP contribution in [0.15, 0.2) is 52.0 Å². The van der Waals surface area contributed by atoms with Crippen LogP contribution >= 0.6 is 11.6 Å². The average Bonchev–Trinajstić information content (AvgIpc) is 3.33. The minimum Gasteiger partial charge on any atom is -0.468 e. The van der Waals surface area contributed by atoms with Crippen molar-refractivity contribution < 1.29 is 21.3 Å². The summed E-state index contributed by atoms with van der Waals surface area (Å²) < 4.78 is 56.7. The van der Waals surface area contributed by atoms with E-state index in [4.69, 9.17) is 16.0 Å². The number of benzene rings is 1. The van der Waals surface area contributed by atoms with Crippen molar-refractivity contribution in [2.45, 2.75) is 36.1 Å². The Bertz CT molecular complexity index is 1030. The van der Waals surface area contributed by atoms with E-state index in [1.165, 1.54) is 24.3 Å². The van der Waals surface area contributed by atoms with Gasteiger partial charge in [0.2, 0.25) is 0 Å². The number of rotatable bonds is 9. The summed E-state index contributed by atoms with van der Waals surface area (Å²) in [5, 5.41) is 2.59. The molecule has 0 spiro atoms. The summed E-state index contributed by atoms with van der Waals surface area (Å²) in [4.78, 5) is 2.25. The van der Waals surface area contributed by atoms with E-state index < -0.39 is 36.7 Å². The molecular weight excluding hydrogens is 448 g/mol. The molecule has 2 heterocycles. The van der Waals surface area contributed by atoms with Crippen LogP contribution in [0, 0.1) is 0 Å². The maximum Gasteiger partial charge on any atom is 0.183 e. The molecule has 7 nitrogen and oxygen atoms in total. The Morgan fingerprint density at radius 2 is 1.83 bits per heavy atom. The van der Waals surface area contributed by atoms with Crippen molar-refractivity contribution in [3.63, 3.8) is 0 Å². The number of nitrogens with one attached hydrogen (secondary N) is 1. The van der Waals surface area contributed by atoms with Gasteiger partial charge in [-0.25, -0.2) is 16.8 Å². The van der Waals surface area contributed by atoms with Gasteiger partial charge in [0.05, 0.1) is 34.0 Å². The molecule has 10 heteroatoms. The van der Waals surface area contributed by atoms with Crippen molar-refractivity contribution in [2.75, 3.05) is 31.1 Å². The molecule has 2 aromatic rings. The van der Waals surface area contributed by atoms with E-state index in [0.29, 0.717) is 11.6 Å². The van der Waals surface area contributed by atoms with Gasteiger partial charge < -0.3 is 9.73 Å². The molecule has 1 saturated heterocycles. The molecule has 30 heavy (non-hydrogen) atoms. The van der Waals surface area contributed by atoms with Gasteiger partial charge >= 0.3 is 0 Å². The zero-order valence-electron chi connectivity index (χ0n) is 17.0. The van der Waals surface area contributed by atoms with Gasteiger partial charge in [-0.05, 0) is 49.5 Å². The highest BCUT2D eigenvalue weighted by molar-refractivity contribution is 7.96. The fourth-order valence-corrected chi connectivity index (χ4v) is 8.77. The lowest BCUT2D eigenvalue weighted by atomic mass is 10.1. The fraction of sp³-hybridized carbons (Fsp3) is 0.500. The summed E-state index contributed by atoms with van der Waals surface area (Å²) in [6.45, 7) is 6.00. The molecule has 166 valence electrons. The summed E-state index contributed by atoms with van der Waals surface area (Å²) in [5.74, 6) is 0.143. The number of likely N-dealkylation sites (N-methyl/N-ethyl adjacent to an activating group) is 1. The lowest BCUT2D eigenvalue weighted by Gasteiger charge is -2.30. The fourth-order valence-electron chi connectivity index (χ4n) is 3.93. The summed E-state index contributed by atoms with van der Waals surface area (Å²) in [7, 11) is -7.33. The van der Waals surface area contributed by atoms with Crippen molar-refractivity contribution in [3.8, 4) is 0 Å². The van der Waals surface area contributed by atoms with Crippen LogP contribution < -0.4 is 5.32 Å². The summed E-state index contributed by atoms with van der Waals surface area (Å²) in [6.07, 6.45) is 1.60. The Morgan fingerprint density at radius 1 is 1.17 bits per heavy atom. The van der Waals surface area contributed by atoms with Crippen molar-refractivity contribution in [2.24, 2.45) is 0 Å². The first-order chi connectivity index (χ1) is 14.2. The molecule has 1 N–H and O–H groups in total. The maximum atomic E-state index is 13.2. The molecule has 0 amide bonds. The molecule has 1 aromatic heterocycles. The summed E-state index contributed by atoms with van der Waals surface area (Å²) >= 11 is 5.87. The van der Waals surface area contributed by atoms with Gasteiger partial charge in [-0.3, -0.25) is 4.90 Å². The Labute approximate surface area is 183 Å². The molecule has 0 aliphatic carbocycles. The standard InChI is InChI=1S/C20H27ClN2O5S2/c1-3-23(4-2)18(19-6-5-11-28-19)12-22-17-13-29(24,25)14-20(17)30(26,27)16-9-7-15(21)8-10-16/h5-11,17-18,20,22H,3-4,12-14H2,1-2H3/t17-,18?,20-/m0/s1. The van der Waals surface area contributed by atoms with Crippen LogP contribution in [-0.4, -0.2) is 64.2 Å². The Morgan fingerprint density at radius 3 is 2.40 bits per heavy atom. The van der Waals surface area contributed by atoms with Crippen LogP contribution in [0.2, 0.25) is 5.02 Å². The van der Waals surface area contributed by atoms with Crippen LogP contribution in [0.1, 0.15) is 25.6 Å². The van der Waals surface area contributed by atoms with Gasteiger partial charge in [-0.2, -0.15) is 0 Å². The van der Waals surface area contributed by atoms with Gasteiger partial charge in [0.25, 0.3) is 0 Å². The van der Waals surface area contributed by atoms with Gasteiger partial charge in [0, 0.05) is 17.6 Å². The van der Waals surface area contributed by atoms with Gasteiger partial charge in [-0.1, -0.05) is 25.4 Å². The largest absolute Gasteiger partial charge is 0.468 e. The zero-order valence-corrected chi connectivity index (χ0v) is 19.4. The molecule has 0 saturated carbocycles. The van der Waals surface area contributed by atoms with Crippen LogP contribution in [0.3, 0.4) is 0 Å². The second kappa shape index (κ2) is 9.40. The summed E-state index contributed by atoms with van der Waals surface area (Å²) in [6, 6.07) is 8.67. The summed E-state index contributed by atoms with van der Waals surface area (Å²) in [5.41, 5.74) is 0. The highest BCUT2D eigenvalue weighted by Gasteiger charge is 2.46. The topological polar surface area (TPSA) is 96.7 Å². The normalized spacial score (nSPS) is 22.4. The molecule has 1 unspecified atom stereocenters. The monoisotopic (exact) mass is 474 g/mol. The molecule has 1 aliphatic rings. The predicted molar refractivity (Wildman–Crippen MR) is 117 cm³/mol. The number of halogens is 1. The van der Waals surface area contributed by atoms with Gasteiger partial charge in [-0.15, -0.1) is 0 Å². The van der Waals surface area contributed by atoms with Crippen molar-refractivity contribution in [1.29, 1.82) is 0 Å². The Hall–Kier alpha value is -1.39. The Kier molecular flexibility index (Phi) is 7.29. The predicted octanol–water partition coefficient (Wildman–Crippen LogP) is 2.55. The quantitative estimate of drug-likeness (QED) is 0.596. The second-order valence-corrected chi connectivity index (χ2v) is 12.1. The molecular formula is C20H27ClN2O5S2. The maximum absolute atomic E-state index is 13.2. The molecule has 1 aromatic carbocycles. The van der Waals surface area contributed by atoms with Gasteiger partial charge in [0.15, 0.2) is 19.7 Å². The van der Waals surface area contributed by atoms with E-state index in [1.807, 2.05) is 19.9 Å². The lowest BCUT2D eigenvalue weighted by Crippen LogP contribution is -2.47. The number of hydrogen-bond acceptors (Lipinski definition) is 7. The van der Waals surface area contributed by atoms with E-state index in [1.54, 1.807) is 12.3 Å². The first-order valence-electron chi connectivity index (χ1n) is 9.88. The van der Waals surface area contributed by atoms with Crippen LogP contribution in [0.5, 0.6) is 0 Å². The first kappa shape index (κ1) is 23.3. The van der Waals surface area contributed by atoms with Crippen LogP contribution in [-0.2, 0) is 19.7 Å². The minimum atomic E-state index is -3.85. The van der Waals surface area contributed by atoms with Crippen molar-refractivity contribution in [3.05, 3.63) is 53.4 Å². The third-order valence-corrected chi connectivity index (χ3v) is 9.96. The van der Waals surface area contributed by atoms with Crippen molar-refractivity contribution in [1.82, 2.24) is 10.2 Å². The van der Waals surface area contributed by atoms with E-state index in [-0.39, 0.29) is 16.7 Å². The smallest absolute Gasteiger partial charge is 0.183 e. The van der Waals surface area contributed by atoms with Crippen molar-refractivity contribution >= 4 is 31.3 Å². The number of nitrogens with zero attached hydrogens (tertiary/aromatic N) is 1. The molecule has 1 fully saturated rings. The molecule has 1 aliphatic heterocycles. The molecule has 3 atom stereocenters. The third-order valence-electron chi connectivity index (χ3n) is 5.54. The highest BCUT2D eigenvalue weighted by Crippen LogP contribution is 2.28. The van der Waals surface area contributed by atoms with Gasteiger partial charge in [0.1, 0.15) is 5.76 Å². The third kappa shape index (κ3) is 5.08. The average molecular weight is 475 g/mol. The lowest BCUT2D eigenvalue weighted by molar-refractivity contribution is 0.185.